The number of hydrogen-bond acceptors (Lipinski definition) is 6. The molecule has 0 amide bonds. The summed E-state index contributed by atoms with van der Waals surface area (Å²) in [6.45, 7) is 3.61. The third-order valence-corrected chi connectivity index (χ3v) is 5.93. The van der Waals surface area contributed by atoms with E-state index in [-0.39, 0.29) is 12.4 Å². The molecule has 0 saturated carbocycles. The number of nitrogens with one attached hydrogen (secondary N) is 1. The highest BCUT2D eigenvalue weighted by Crippen LogP contribution is 2.22. The molecule has 0 aliphatic rings. The quantitative estimate of drug-likeness (QED) is 0.248. The lowest BCUT2D eigenvalue weighted by Gasteiger charge is -2.13. The topological polar surface area (TPSA) is 92.4 Å². The van der Waals surface area contributed by atoms with E-state index in [0.29, 0.717) is 12.3 Å². The molecule has 4 rings (SSSR count). The van der Waals surface area contributed by atoms with Crippen LogP contribution in [-0.2, 0) is 12.8 Å². The Balaban J connectivity index is 1.29. The zero-order valence-corrected chi connectivity index (χ0v) is 20.2. The number of aliphatic hydroxyl groups is 1. The van der Waals surface area contributed by atoms with Gasteiger partial charge in [0.1, 0.15) is 35.6 Å². The van der Waals surface area contributed by atoms with Gasteiger partial charge in [0, 0.05) is 24.8 Å². The van der Waals surface area contributed by atoms with Gasteiger partial charge in [0.25, 0.3) is 0 Å². The maximum absolute atomic E-state index is 10.1. The lowest BCUT2D eigenvalue weighted by atomic mass is 10.1. The molecule has 184 valence electrons. The smallest absolute Gasteiger partial charge is 0.164 e. The third-order valence-electron chi connectivity index (χ3n) is 5.93. The Morgan fingerprint density at radius 2 is 1.80 bits per heavy atom. The molecule has 4 aromatic rings. The van der Waals surface area contributed by atoms with E-state index in [0.717, 1.165) is 48.5 Å². The SMILES string of the molecule is CCCCCc1nc2cccnc2n1-c1ccc(CCNC[C@H](O)COc2ccc(O)cc2)cc1. The van der Waals surface area contributed by atoms with E-state index in [2.05, 4.69) is 46.1 Å². The molecule has 0 saturated heterocycles. The van der Waals surface area contributed by atoms with Gasteiger partial charge in [-0.1, -0.05) is 31.9 Å². The number of unbranched alkanes of at least 4 members (excludes halogenated alkanes) is 2. The molecule has 0 spiro atoms. The number of aliphatic hydroxyl groups excluding tert-OH is 1. The Labute approximate surface area is 206 Å². The monoisotopic (exact) mass is 474 g/mol. The average Bonchev–Trinajstić information content (AvgIpc) is 3.25. The number of imidazole rings is 1. The zero-order valence-electron chi connectivity index (χ0n) is 20.2. The number of pyridine rings is 1. The zero-order chi connectivity index (χ0) is 24.5. The van der Waals surface area contributed by atoms with Crippen molar-refractivity contribution in [2.24, 2.45) is 0 Å². The number of nitrogens with zero attached hydrogens (tertiary/aromatic N) is 3. The predicted octanol–water partition coefficient (Wildman–Crippen LogP) is 4.43. The second-order valence-electron chi connectivity index (χ2n) is 8.75. The van der Waals surface area contributed by atoms with Crippen LogP contribution in [0, 0.1) is 0 Å². The average molecular weight is 475 g/mol. The third kappa shape index (κ3) is 6.81. The summed E-state index contributed by atoms with van der Waals surface area (Å²) in [5.41, 5.74) is 4.13. The van der Waals surface area contributed by atoms with E-state index < -0.39 is 6.10 Å². The van der Waals surface area contributed by atoms with Crippen LogP contribution >= 0.6 is 0 Å². The van der Waals surface area contributed by atoms with Gasteiger partial charge >= 0.3 is 0 Å². The first-order valence-electron chi connectivity index (χ1n) is 12.4. The van der Waals surface area contributed by atoms with Gasteiger partial charge in [0.2, 0.25) is 0 Å². The van der Waals surface area contributed by atoms with Crippen molar-refractivity contribution in [3.8, 4) is 17.2 Å². The van der Waals surface area contributed by atoms with Gasteiger partial charge in [-0.05, 0) is 73.5 Å². The van der Waals surface area contributed by atoms with Crippen LogP contribution < -0.4 is 10.1 Å². The van der Waals surface area contributed by atoms with Crippen LogP contribution in [0.4, 0.5) is 0 Å². The number of rotatable bonds is 13. The molecule has 0 aliphatic carbocycles. The fourth-order valence-electron chi connectivity index (χ4n) is 4.04. The molecule has 7 heteroatoms. The minimum Gasteiger partial charge on any atom is -0.508 e. The van der Waals surface area contributed by atoms with Crippen molar-refractivity contribution in [1.82, 2.24) is 19.9 Å². The molecule has 3 N–H and O–H groups in total. The van der Waals surface area contributed by atoms with E-state index in [9.17, 15) is 10.2 Å². The van der Waals surface area contributed by atoms with Crippen LogP contribution in [0.5, 0.6) is 11.5 Å². The highest BCUT2D eigenvalue weighted by atomic mass is 16.5. The van der Waals surface area contributed by atoms with Crippen molar-refractivity contribution in [2.45, 2.75) is 45.1 Å². The van der Waals surface area contributed by atoms with Crippen LogP contribution in [0.1, 0.15) is 37.6 Å². The lowest BCUT2D eigenvalue weighted by Crippen LogP contribution is -2.32. The van der Waals surface area contributed by atoms with Gasteiger partial charge in [-0.15, -0.1) is 0 Å². The standard InChI is InChI=1S/C28H34N4O3/c1-2-3-4-7-27-31-26-6-5-17-30-28(26)32(27)22-10-8-21(9-11-22)16-18-29-19-24(34)20-35-25-14-12-23(33)13-15-25/h5-6,8-15,17,24,29,33-34H,2-4,7,16,18-20H2,1H3/t24-/m0/s1. The fourth-order valence-corrected chi connectivity index (χ4v) is 4.04. The van der Waals surface area contributed by atoms with Gasteiger partial charge in [-0.3, -0.25) is 4.57 Å². The van der Waals surface area contributed by atoms with Crippen LogP contribution in [0.2, 0.25) is 0 Å². The molecule has 0 aliphatic heterocycles. The second-order valence-corrected chi connectivity index (χ2v) is 8.75. The maximum atomic E-state index is 10.1. The molecule has 1 atom stereocenters. The minimum absolute atomic E-state index is 0.190. The number of fused-ring (bicyclic) bond motifs is 1. The molecule has 2 heterocycles. The number of benzene rings is 2. The van der Waals surface area contributed by atoms with Crippen molar-refractivity contribution in [1.29, 1.82) is 0 Å². The van der Waals surface area contributed by atoms with E-state index >= 15 is 0 Å². The summed E-state index contributed by atoms with van der Waals surface area (Å²) in [5, 5.41) is 22.7. The van der Waals surface area contributed by atoms with Gasteiger partial charge in [-0.25, -0.2) is 9.97 Å². The molecule has 0 fully saturated rings. The summed E-state index contributed by atoms with van der Waals surface area (Å²) < 4.78 is 7.72. The molecular formula is C28H34N4O3. The molecule has 35 heavy (non-hydrogen) atoms. The molecule has 0 unspecified atom stereocenters. The van der Waals surface area contributed by atoms with Crippen molar-refractivity contribution < 1.29 is 14.9 Å². The Morgan fingerprint density at radius 3 is 2.57 bits per heavy atom. The summed E-state index contributed by atoms with van der Waals surface area (Å²) in [4.78, 5) is 9.43. The summed E-state index contributed by atoms with van der Waals surface area (Å²) in [7, 11) is 0. The van der Waals surface area contributed by atoms with Crippen LogP contribution in [0.25, 0.3) is 16.9 Å². The highest BCUT2D eigenvalue weighted by Gasteiger charge is 2.13. The van der Waals surface area contributed by atoms with Crippen LogP contribution in [0.3, 0.4) is 0 Å². The molecule has 0 radical (unpaired) electrons. The molecule has 2 aromatic carbocycles. The summed E-state index contributed by atoms with van der Waals surface area (Å²) in [5.74, 6) is 1.87. The highest BCUT2D eigenvalue weighted by molar-refractivity contribution is 5.73. The minimum atomic E-state index is -0.612. The summed E-state index contributed by atoms with van der Waals surface area (Å²) >= 11 is 0. The largest absolute Gasteiger partial charge is 0.508 e. The van der Waals surface area contributed by atoms with E-state index in [1.165, 1.54) is 18.4 Å². The number of aromatic hydroxyl groups is 1. The van der Waals surface area contributed by atoms with Gasteiger partial charge in [0.05, 0.1) is 0 Å². The van der Waals surface area contributed by atoms with E-state index in [1.54, 1.807) is 24.3 Å². The van der Waals surface area contributed by atoms with Crippen molar-refractivity contribution >= 4 is 11.2 Å². The number of hydrogen-bond donors (Lipinski definition) is 3. The van der Waals surface area contributed by atoms with Crippen molar-refractivity contribution in [2.75, 3.05) is 19.7 Å². The predicted molar refractivity (Wildman–Crippen MR) is 138 cm³/mol. The molecular weight excluding hydrogens is 440 g/mol. The number of phenolic OH excluding ortho intramolecular Hbond substituents is 1. The van der Waals surface area contributed by atoms with Gasteiger partial charge in [0.15, 0.2) is 5.65 Å². The van der Waals surface area contributed by atoms with E-state index in [4.69, 9.17) is 9.72 Å². The maximum Gasteiger partial charge on any atom is 0.164 e. The van der Waals surface area contributed by atoms with Gasteiger partial charge in [-0.2, -0.15) is 0 Å². The first-order valence-corrected chi connectivity index (χ1v) is 12.4. The first-order chi connectivity index (χ1) is 17.1. The Bertz CT molecular complexity index is 1190. The number of ether oxygens (including phenoxy) is 1. The number of aromatic nitrogens is 3. The Kier molecular flexibility index (Phi) is 8.70. The molecule has 0 bridgehead atoms. The first kappa shape index (κ1) is 24.7. The van der Waals surface area contributed by atoms with Gasteiger partial charge < -0.3 is 20.3 Å². The Hall–Kier alpha value is -3.42. The second kappa shape index (κ2) is 12.3. The normalized spacial score (nSPS) is 12.2. The molecule has 7 nitrogen and oxygen atoms in total. The van der Waals surface area contributed by atoms with Crippen molar-refractivity contribution in [3.63, 3.8) is 0 Å². The summed E-state index contributed by atoms with van der Waals surface area (Å²) in [6, 6.07) is 19.0. The molecule has 2 aromatic heterocycles. The summed E-state index contributed by atoms with van der Waals surface area (Å²) in [6.07, 6.45) is 6.51. The van der Waals surface area contributed by atoms with Crippen molar-refractivity contribution in [3.05, 3.63) is 78.2 Å². The number of phenols is 1. The Morgan fingerprint density at radius 1 is 1.00 bits per heavy atom. The van der Waals surface area contributed by atoms with Crippen LogP contribution in [-0.4, -0.2) is 50.5 Å². The fraction of sp³-hybridized carbons (Fsp3) is 0.357. The van der Waals surface area contributed by atoms with Crippen LogP contribution in [0.15, 0.2) is 66.9 Å². The number of aryl methyl sites for hydroxylation is 1. The van der Waals surface area contributed by atoms with E-state index in [1.807, 2.05) is 18.3 Å². The lowest BCUT2D eigenvalue weighted by molar-refractivity contribution is 0.106.